The first kappa shape index (κ1) is 21.4. The lowest BCUT2D eigenvalue weighted by molar-refractivity contribution is 1.36. The molecule has 36 heavy (non-hydrogen) atoms. The first-order valence-corrected chi connectivity index (χ1v) is 14.5. The summed E-state index contributed by atoms with van der Waals surface area (Å²) in [6.07, 6.45) is 4.35. The summed E-state index contributed by atoms with van der Waals surface area (Å²) in [4.78, 5) is 7.52. The number of hydrogen-bond donors (Lipinski definition) is 0. The van der Waals surface area contributed by atoms with Gasteiger partial charge in [-0.3, -0.25) is 9.29 Å². The van der Waals surface area contributed by atoms with E-state index in [4.69, 9.17) is 4.98 Å². The van der Waals surface area contributed by atoms with Crippen LogP contribution in [0, 0.1) is 0 Å². The van der Waals surface area contributed by atoms with Crippen LogP contribution in [0.2, 0.25) is 0 Å². The van der Waals surface area contributed by atoms with Gasteiger partial charge in [0, 0.05) is 32.5 Å². The molecule has 4 aromatic carbocycles. The molecule has 0 N–H and O–H groups in total. The van der Waals surface area contributed by atoms with E-state index in [1.165, 1.54) is 37.6 Å². The number of para-hydroxylation sites is 1. The van der Waals surface area contributed by atoms with Crippen molar-refractivity contribution in [2.24, 2.45) is 0 Å². The predicted octanol–water partition coefficient (Wildman–Crippen LogP) is 8.68. The van der Waals surface area contributed by atoms with Gasteiger partial charge in [-0.25, -0.2) is 0 Å². The van der Waals surface area contributed by atoms with Crippen LogP contribution in [0.25, 0.3) is 27.0 Å². The van der Waals surface area contributed by atoms with E-state index < -0.39 is 0 Å². The Morgan fingerprint density at radius 2 is 1.25 bits per heavy atom. The summed E-state index contributed by atoms with van der Waals surface area (Å²) < 4.78 is 2.43. The third-order valence-corrected chi connectivity index (χ3v) is 10.6. The summed E-state index contributed by atoms with van der Waals surface area (Å²) in [6, 6.07) is 43.0. The van der Waals surface area contributed by atoms with Gasteiger partial charge in [-0.2, -0.15) is 0 Å². The molecule has 2 nitrogen and oxygen atoms in total. The molecule has 1 atom stereocenters. The number of allylic oxidation sites excluding steroid dienone is 2. The molecular weight excluding hydrogens is 477 g/mol. The minimum atomic E-state index is -0.231. The summed E-state index contributed by atoms with van der Waals surface area (Å²) in [6.45, 7) is 0. The van der Waals surface area contributed by atoms with Crippen molar-refractivity contribution in [3.8, 4) is 0 Å². The highest BCUT2D eigenvalue weighted by molar-refractivity contribution is 8.88. The molecule has 0 saturated carbocycles. The second kappa shape index (κ2) is 8.98. The number of hydrogen-bond acceptors (Lipinski definition) is 3. The smallest absolute Gasteiger partial charge is 0.0711 e. The van der Waals surface area contributed by atoms with E-state index in [0.717, 1.165) is 16.6 Å². The standard InChI is InChI=1S/C32H22N2S2/c1-4-12-23(13-5-1)28-22-34(27-20-26-18-10-11-19-29(26)33-21-27)36-32(28)30(24-14-6-2-7-15-24)31(35-36)25-16-8-3-9-17-25/h1-22H. The van der Waals surface area contributed by atoms with Crippen molar-refractivity contribution in [2.75, 3.05) is 4.31 Å². The first-order valence-electron chi connectivity index (χ1n) is 11.9. The van der Waals surface area contributed by atoms with Crippen LogP contribution in [-0.4, -0.2) is 9.85 Å². The molecule has 172 valence electrons. The predicted molar refractivity (Wildman–Crippen MR) is 159 cm³/mol. The van der Waals surface area contributed by atoms with E-state index in [1.54, 1.807) is 0 Å². The van der Waals surface area contributed by atoms with Crippen molar-refractivity contribution in [3.05, 3.63) is 150 Å². The Labute approximate surface area is 217 Å². The molecule has 2 aliphatic heterocycles. The Bertz CT molecular complexity index is 1690. The van der Waals surface area contributed by atoms with Gasteiger partial charge in [0.05, 0.1) is 17.4 Å². The average Bonchev–Trinajstić information content (AvgIpc) is 3.52. The Morgan fingerprint density at radius 3 is 1.97 bits per heavy atom. The van der Waals surface area contributed by atoms with Gasteiger partial charge in [0.15, 0.2) is 0 Å². The quantitative estimate of drug-likeness (QED) is 0.182. The van der Waals surface area contributed by atoms with Crippen LogP contribution in [-0.2, 0) is 0 Å². The number of rotatable bonds is 4. The Morgan fingerprint density at radius 1 is 0.639 bits per heavy atom. The van der Waals surface area contributed by atoms with E-state index >= 15 is 0 Å². The number of fused-ring (bicyclic) bond motifs is 1. The van der Waals surface area contributed by atoms with Crippen LogP contribution in [0.3, 0.4) is 0 Å². The molecule has 4 heteroatoms. The lowest BCUT2D eigenvalue weighted by atomic mass is 9.92. The molecule has 5 aromatic rings. The van der Waals surface area contributed by atoms with Crippen molar-refractivity contribution in [2.45, 2.75) is 0 Å². The SMILES string of the molecule is C1=C(c2ccccc2)C2=S(SC(c3ccccc3)=C2c2ccccc2)N1c1cnc2ccccc2c1. The molecule has 1 aromatic heterocycles. The van der Waals surface area contributed by atoms with Crippen LogP contribution >= 0.6 is 20.5 Å². The van der Waals surface area contributed by atoms with E-state index in [9.17, 15) is 0 Å². The topological polar surface area (TPSA) is 16.1 Å². The third-order valence-electron chi connectivity index (χ3n) is 6.47. The summed E-state index contributed by atoms with van der Waals surface area (Å²) in [5, 5.41) is 1.16. The van der Waals surface area contributed by atoms with Gasteiger partial charge in [0.1, 0.15) is 0 Å². The summed E-state index contributed by atoms with van der Waals surface area (Å²) in [5.41, 5.74) is 8.52. The third kappa shape index (κ3) is 3.62. The molecule has 0 saturated heterocycles. The first-order chi connectivity index (χ1) is 17.9. The number of aromatic nitrogens is 1. The van der Waals surface area contributed by atoms with Gasteiger partial charge in [-0.05, 0) is 49.3 Å². The van der Waals surface area contributed by atoms with Gasteiger partial charge in [-0.1, -0.05) is 109 Å². The van der Waals surface area contributed by atoms with Gasteiger partial charge in [0.25, 0.3) is 0 Å². The van der Waals surface area contributed by atoms with Gasteiger partial charge in [0.2, 0.25) is 0 Å². The Kier molecular flexibility index (Phi) is 5.34. The summed E-state index contributed by atoms with van der Waals surface area (Å²) in [7, 11) is 1.73. The van der Waals surface area contributed by atoms with Crippen LogP contribution in [0.4, 0.5) is 5.69 Å². The highest BCUT2D eigenvalue weighted by atomic mass is 33.1. The van der Waals surface area contributed by atoms with E-state index in [2.05, 4.69) is 126 Å². The fourth-order valence-corrected chi connectivity index (χ4v) is 9.54. The molecule has 0 radical (unpaired) electrons. The van der Waals surface area contributed by atoms with Crippen molar-refractivity contribution in [1.82, 2.24) is 4.98 Å². The molecule has 0 aliphatic carbocycles. The second-order valence-corrected chi connectivity index (χ2v) is 12.0. The Balaban J connectivity index is 1.46. The van der Waals surface area contributed by atoms with E-state index in [1.807, 2.05) is 23.1 Å². The maximum absolute atomic E-state index is 4.79. The lowest BCUT2D eigenvalue weighted by Gasteiger charge is -2.20. The van der Waals surface area contributed by atoms with Gasteiger partial charge < -0.3 is 0 Å². The fraction of sp³-hybridized carbons (Fsp3) is 0. The van der Waals surface area contributed by atoms with Crippen LogP contribution in [0.5, 0.6) is 0 Å². The van der Waals surface area contributed by atoms with E-state index in [-0.39, 0.29) is 9.70 Å². The molecule has 0 fully saturated rings. The fourth-order valence-electron chi connectivity index (χ4n) is 4.77. The molecule has 7 rings (SSSR count). The van der Waals surface area contributed by atoms with Crippen LogP contribution < -0.4 is 4.31 Å². The van der Waals surface area contributed by atoms with Crippen molar-refractivity contribution < 1.29 is 0 Å². The number of nitrogens with zero attached hydrogens (tertiary/aromatic N) is 2. The average molecular weight is 499 g/mol. The van der Waals surface area contributed by atoms with Crippen molar-refractivity contribution >= 4 is 58.0 Å². The molecule has 0 amide bonds. The molecule has 0 bridgehead atoms. The van der Waals surface area contributed by atoms with Gasteiger partial charge in [-0.15, -0.1) is 0 Å². The summed E-state index contributed by atoms with van der Waals surface area (Å²) >= 11 is 0. The minimum absolute atomic E-state index is 0.231. The maximum atomic E-state index is 4.79. The molecule has 2 aliphatic rings. The zero-order valence-electron chi connectivity index (χ0n) is 19.4. The zero-order chi connectivity index (χ0) is 23.9. The largest absolute Gasteiger partial charge is 0.286 e. The van der Waals surface area contributed by atoms with E-state index in [0.29, 0.717) is 0 Å². The number of anilines is 1. The highest BCUT2D eigenvalue weighted by Gasteiger charge is 2.37. The minimum Gasteiger partial charge on any atom is -0.286 e. The zero-order valence-corrected chi connectivity index (χ0v) is 21.0. The van der Waals surface area contributed by atoms with Crippen molar-refractivity contribution in [1.29, 1.82) is 0 Å². The van der Waals surface area contributed by atoms with Crippen molar-refractivity contribution in [3.63, 3.8) is 0 Å². The lowest BCUT2D eigenvalue weighted by Crippen LogP contribution is -2.04. The molecule has 3 heterocycles. The monoisotopic (exact) mass is 498 g/mol. The molecular formula is C32H22N2S2. The highest BCUT2D eigenvalue weighted by Crippen LogP contribution is 2.62. The Hall–Kier alpha value is -3.86. The maximum Gasteiger partial charge on any atom is 0.0711 e. The number of pyridine rings is 1. The molecule has 0 spiro atoms. The normalized spacial score (nSPS) is 17.0. The van der Waals surface area contributed by atoms with Crippen LogP contribution in [0.15, 0.2) is 134 Å². The second-order valence-electron chi connectivity index (χ2n) is 8.72. The van der Waals surface area contributed by atoms with Crippen LogP contribution in [0.1, 0.15) is 16.7 Å². The number of benzene rings is 4. The van der Waals surface area contributed by atoms with Gasteiger partial charge >= 0.3 is 0 Å². The molecule has 1 unspecified atom stereocenters. The summed E-state index contributed by atoms with van der Waals surface area (Å²) in [5.74, 6) is 0.